The number of likely N-dealkylation sites (N-methyl/N-ethyl adjacent to an activating group) is 2. The number of aryl methyl sites for hydroxylation is 1. The van der Waals surface area contributed by atoms with Crippen LogP contribution in [0.1, 0.15) is 12.0 Å². The summed E-state index contributed by atoms with van der Waals surface area (Å²) in [7, 11) is 5.59. The summed E-state index contributed by atoms with van der Waals surface area (Å²) in [5.41, 5.74) is 1.15. The molecular formula is C17H26N2O3. The molecule has 0 radical (unpaired) electrons. The highest BCUT2D eigenvalue weighted by Gasteiger charge is 2.21. The second kappa shape index (κ2) is 8.15. The van der Waals surface area contributed by atoms with Crippen molar-refractivity contribution in [3.05, 3.63) is 29.8 Å². The number of ether oxygens (including phenoxy) is 2. The SMILES string of the molecule is COc1ccc(CCC(=O)N(C)CC2CN(C)CCO2)cc1. The second-order valence-corrected chi connectivity index (χ2v) is 5.88. The molecule has 0 N–H and O–H groups in total. The number of methoxy groups -OCH3 is 1. The van der Waals surface area contributed by atoms with Gasteiger partial charge in [-0.25, -0.2) is 0 Å². The van der Waals surface area contributed by atoms with E-state index in [0.29, 0.717) is 13.0 Å². The summed E-state index contributed by atoms with van der Waals surface area (Å²) in [6.07, 6.45) is 1.39. The number of benzene rings is 1. The van der Waals surface area contributed by atoms with Crippen molar-refractivity contribution in [2.75, 3.05) is 47.4 Å². The highest BCUT2D eigenvalue weighted by atomic mass is 16.5. The molecule has 1 aliphatic heterocycles. The van der Waals surface area contributed by atoms with Crippen LogP contribution in [0.5, 0.6) is 5.75 Å². The molecule has 1 saturated heterocycles. The fourth-order valence-corrected chi connectivity index (χ4v) is 2.62. The Morgan fingerprint density at radius 3 is 2.77 bits per heavy atom. The number of hydrogen-bond acceptors (Lipinski definition) is 4. The predicted octanol–water partition coefficient (Wildman–Crippen LogP) is 1.42. The Kier molecular flexibility index (Phi) is 6.21. The van der Waals surface area contributed by atoms with Crippen LogP contribution in [0, 0.1) is 0 Å². The molecule has 1 atom stereocenters. The summed E-state index contributed by atoms with van der Waals surface area (Å²) in [5, 5.41) is 0. The fourth-order valence-electron chi connectivity index (χ4n) is 2.62. The molecule has 0 aliphatic carbocycles. The summed E-state index contributed by atoms with van der Waals surface area (Å²) in [6.45, 7) is 3.25. The highest BCUT2D eigenvalue weighted by Crippen LogP contribution is 2.13. The van der Waals surface area contributed by atoms with Crippen molar-refractivity contribution in [3.63, 3.8) is 0 Å². The van der Waals surface area contributed by atoms with Crippen molar-refractivity contribution < 1.29 is 14.3 Å². The molecule has 0 bridgehead atoms. The van der Waals surface area contributed by atoms with Crippen molar-refractivity contribution >= 4 is 5.91 Å². The van der Waals surface area contributed by atoms with Gasteiger partial charge in [0.2, 0.25) is 5.91 Å². The van der Waals surface area contributed by atoms with Crippen LogP contribution < -0.4 is 4.74 Å². The minimum absolute atomic E-state index is 0.119. The molecule has 0 aromatic heterocycles. The van der Waals surface area contributed by atoms with Crippen LogP contribution in [0.3, 0.4) is 0 Å². The molecule has 1 aliphatic rings. The molecule has 5 heteroatoms. The largest absolute Gasteiger partial charge is 0.497 e. The van der Waals surface area contributed by atoms with Crippen LogP contribution in [0.15, 0.2) is 24.3 Å². The average Bonchev–Trinajstić information content (AvgIpc) is 2.53. The lowest BCUT2D eigenvalue weighted by Gasteiger charge is -2.32. The molecule has 2 rings (SSSR count). The molecule has 1 unspecified atom stereocenters. The first-order chi connectivity index (χ1) is 10.6. The van der Waals surface area contributed by atoms with E-state index in [2.05, 4.69) is 11.9 Å². The number of amides is 1. The Balaban J connectivity index is 1.75. The molecule has 122 valence electrons. The molecule has 1 aromatic rings. The van der Waals surface area contributed by atoms with Crippen LogP contribution in [0.4, 0.5) is 0 Å². The van der Waals surface area contributed by atoms with Crippen molar-refractivity contribution in [2.45, 2.75) is 18.9 Å². The Morgan fingerprint density at radius 2 is 2.14 bits per heavy atom. The molecule has 0 saturated carbocycles. The first-order valence-corrected chi connectivity index (χ1v) is 7.75. The van der Waals surface area contributed by atoms with Gasteiger partial charge < -0.3 is 19.3 Å². The van der Waals surface area contributed by atoms with Crippen molar-refractivity contribution in [1.82, 2.24) is 9.80 Å². The van der Waals surface area contributed by atoms with Gasteiger partial charge in [0, 0.05) is 33.1 Å². The lowest BCUT2D eigenvalue weighted by atomic mass is 10.1. The number of nitrogens with zero attached hydrogens (tertiary/aromatic N) is 2. The quantitative estimate of drug-likeness (QED) is 0.797. The zero-order valence-electron chi connectivity index (χ0n) is 13.7. The topological polar surface area (TPSA) is 42.0 Å². The van der Waals surface area contributed by atoms with Gasteiger partial charge >= 0.3 is 0 Å². The zero-order chi connectivity index (χ0) is 15.9. The van der Waals surface area contributed by atoms with E-state index in [4.69, 9.17) is 9.47 Å². The molecule has 22 heavy (non-hydrogen) atoms. The third-order valence-corrected chi connectivity index (χ3v) is 4.03. The number of morpholine rings is 1. The third-order valence-electron chi connectivity index (χ3n) is 4.03. The maximum Gasteiger partial charge on any atom is 0.222 e. The summed E-state index contributed by atoms with van der Waals surface area (Å²) >= 11 is 0. The van der Waals surface area contributed by atoms with Crippen LogP contribution in [-0.4, -0.2) is 69.3 Å². The van der Waals surface area contributed by atoms with Crippen molar-refractivity contribution in [2.24, 2.45) is 0 Å². The molecule has 5 nitrogen and oxygen atoms in total. The Bertz CT molecular complexity index is 475. The summed E-state index contributed by atoms with van der Waals surface area (Å²) in [5.74, 6) is 0.999. The Hall–Kier alpha value is -1.59. The van der Waals surface area contributed by atoms with E-state index in [1.54, 1.807) is 12.0 Å². The minimum atomic E-state index is 0.119. The predicted molar refractivity (Wildman–Crippen MR) is 86.2 cm³/mol. The molecule has 0 spiro atoms. The van der Waals surface area contributed by atoms with E-state index < -0.39 is 0 Å². The fraction of sp³-hybridized carbons (Fsp3) is 0.588. The molecule has 1 heterocycles. The van der Waals surface area contributed by atoms with Gasteiger partial charge in [-0.15, -0.1) is 0 Å². The van der Waals surface area contributed by atoms with Crippen LogP contribution in [0.25, 0.3) is 0 Å². The maximum absolute atomic E-state index is 12.2. The van der Waals surface area contributed by atoms with Crippen LogP contribution >= 0.6 is 0 Å². The van der Waals surface area contributed by atoms with Crippen molar-refractivity contribution in [1.29, 1.82) is 0 Å². The lowest BCUT2D eigenvalue weighted by Crippen LogP contribution is -2.46. The smallest absolute Gasteiger partial charge is 0.222 e. The van der Waals surface area contributed by atoms with E-state index in [9.17, 15) is 4.79 Å². The van der Waals surface area contributed by atoms with Gasteiger partial charge in [-0.3, -0.25) is 4.79 Å². The summed E-state index contributed by atoms with van der Waals surface area (Å²) < 4.78 is 10.8. The Morgan fingerprint density at radius 1 is 1.41 bits per heavy atom. The van der Waals surface area contributed by atoms with Gasteiger partial charge in [0.1, 0.15) is 5.75 Å². The van der Waals surface area contributed by atoms with Crippen LogP contribution in [0.2, 0.25) is 0 Å². The molecule has 1 fully saturated rings. The van der Waals surface area contributed by atoms with Gasteiger partial charge in [-0.2, -0.15) is 0 Å². The number of carbonyl (C=O) groups is 1. The van der Waals surface area contributed by atoms with E-state index in [1.807, 2.05) is 31.3 Å². The monoisotopic (exact) mass is 306 g/mol. The first kappa shape index (κ1) is 16.8. The van der Waals surface area contributed by atoms with Gasteiger partial charge in [-0.05, 0) is 31.2 Å². The van der Waals surface area contributed by atoms with Crippen LogP contribution in [-0.2, 0) is 16.0 Å². The van der Waals surface area contributed by atoms with Gasteiger partial charge in [-0.1, -0.05) is 12.1 Å². The van der Waals surface area contributed by atoms with E-state index in [0.717, 1.165) is 37.4 Å². The first-order valence-electron chi connectivity index (χ1n) is 7.75. The third kappa shape index (κ3) is 5.00. The average molecular weight is 306 g/mol. The normalized spacial score (nSPS) is 19.0. The van der Waals surface area contributed by atoms with E-state index in [1.165, 1.54) is 0 Å². The van der Waals surface area contributed by atoms with Gasteiger partial charge in [0.05, 0.1) is 19.8 Å². The minimum Gasteiger partial charge on any atom is -0.497 e. The van der Waals surface area contributed by atoms with E-state index >= 15 is 0 Å². The van der Waals surface area contributed by atoms with Gasteiger partial charge in [0.15, 0.2) is 0 Å². The number of hydrogen-bond donors (Lipinski definition) is 0. The number of rotatable bonds is 6. The van der Waals surface area contributed by atoms with Gasteiger partial charge in [0.25, 0.3) is 0 Å². The zero-order valence-corrected chi connectivity index (χ0v) is 13.7. The second-order valence-electron chi connectivity index (χ2n) is 5.88. The molecule has 1 amide bonds. The molecular weight excluding hydrogens is 280 g/mol. The maximum atomic E-state index is 12.2. The van der Waals surface area contributed by atoms with Crippen molar-refractivity contribution in [3.8, 4) is 5.75 Å². The lowest BCUT2D eigenvalue weighted by molar-refractivity contribution is -0.132. The summed E-state index contributed by atoms with van der Waals surface area (Å²) in [6, 6.07) is 7.86. The van der Waals surface area contributed by atoms with E-state index in [-0.39, 0.29) is 12.0 Å². The Labute approximate surface area is 132 Å². The molecule has 1 aromatic carbocycles. The highest BCUT2D eigenvalue weighted by molar-refractivity contribution is 5.76. The standard InChI is InChI=1S/C17H26N2O3/c1-18-10-11-22-16(12-18)13-19(2)17(20)9-6-14-4-7-15(21-3)8-5-14/h4-5,7-8,16H,6,9-13H2,1-3H3. The summed E-state index contributed by atoms with van der Waals surface area (Å²) in [4.78, 5) is 16.3. The number of carbonyl (C=O) groups excluding carboxylic acids is 1.